The third-order valence-corrected chi connectivity index (χ3v) is 6.28. The van der Waals surface area contributed by atoms with Gasteiger partial charge in [0.2, 0.25) is 0 Å². The van der Waals surface area contributed by atoms with Gasteiger partial charge in [-0.2, -0.15) is 0 Å². The van der Waals surface area contributed by atoms with Crippen molar-refractivity contribution < 1.29 is 9.18 Å². The zero-order valence-electron chi connectivity index (χ0n) is 20.4. The number of amides is 2. The van der Waals surface area contributed by atoms with Gasteiger partial charge in [-0.15, -0.1) is 0 Å². The molecule has 0 unspecified atom stereocenters. The summed E-state index contributed by atoms with van der Waals surface area (Å²) in [4.78, 5) is 26.4. The summed E-state index contributed by atoms with van der Waals surface area (Å²) in [7, 11) is 0. The summed E-state index contributed by atoms with van der Waals surface area (Å²) in [5.74, 6) is 1.38. The van der Waals surface area contributed by atoms with Crippen LogP contribution in [0.5, 0.6) is 0 Å². The van der Waals surface area contributed by atoms with E-state index in [1.54, 1.807) is 12.1 Å². The van der Waals surface area contributed by atoms with Crippen molar-refractivity contribution in [3.8, 4) is 0 Å². The number of benzene rings is 2. The van der Waals surface area contributed by atoms with Crippen molar-refractivity contribution in [2.45, 2.75) is 40.5 Å². The Bertz CT molecular complexity index is 1190. The minimum absolute atomic E-state index is 0.0836. The molecule has 0 saturated carbocycles. The summed E-state index contributed by atoms with van der Waals surface area (Å²) in [6.07, 6.45) is 1.35. The van der Waals surface area contributed by atoms with Gasteiger partial charge in [-0.25, -0.2) is 19.2 Å². The summed E-state index contributed by atoms with van der Waals surface area (Å²) in [6.45, 7) is 10.6. The van der Waals surface area contributed by atoms with E-state index in [1.165, 1.54) is 11.6 Å². The van der Waals surface area contributed by atoms with Crippen LogP contribution in [0, 0.1) is 26.6 Å². The number of nitrogens with zero attached hydrogens (tertiary/aromatic N) is 4. The zero-order chi connectivity index (χ0) is 24.2. The Labute approximate surface area is 200 Å². The number of aromatic nitrogens is 2. The van der Waals surface area contributed by atoms with Gasteiger partial charge in [0.1, 0.15) is 17.5 Å². The van der Waals surface area contributed by atoms with E-state index in [1.807, 2.05) is 43.9 Å². The maximum absolute atomic E-state index is 13.8. The summed E-state index contributed by atoms with van der Waals surface area (Å²) in [5, 5.41) is 3.05. The highest BCUT2D eigenvalue weighted by atomic mass is 19.1. The van der Waals surface area contributed by atoms with Crippen LogP contribution < -0.4 is 10.2 Å². The molecule has 2 aromatic carbocycles. The lowest BCUT2D eigenvalue weighted by molar-refractivity contribution is 0.208. The molecule has 1 aromatic heterocycles. The Morgan fingerprint density at radius 3 is 2.47 bits per heavy atom. The third-order valence-electron chi connectivity index (χ3n) is 6.28. The first-order valence-electron chi connectivity index (χ1n) is 11.8. The van der Waals surface area contributed by atoms with Crippen LogP contribution in [0.4, 0.5) is 20.7 Å². The summed E-state index contributed by atoms with van der Waals surface area (Å²) < 4.78 is 13.8. The number of aryl methyl sites for hydroxylation is 4. The number of nitrogens with one attached hydrogen (secondary N) is 1. The lowest BCUT2D eigenvalue weighted by Gasteiger charge is -2.36. The summed E-state index contributed by atoms with van der Waals surface area (Å²) >= 11 is 0. The van der Waals surface area contributed by atoms with E-state index in [9.17, 15) is 9.18 Å². The van der Waals surface area contributed by atoms with Gasteiger partial charge in [0.05, 0.1) is 0 Å². The van der Waals surface area contributed by atoms with E-state index >= 15 is 0 Å². The van der Waals surface area contributed by atoms with E-state index < -0.39 is 0 Å². The maximum atomic E-state index is 13.8. The van der Waals surface area contributed by atoms with Crippen LogP contribution in [0.3, 0.4) is 0 Å². The molecule has 7 heteroatoms. The molecule has 4 rings (SSSR count). The lowest BCUT2D eigenvalue weighted by atomic mass is 10.0. The molecule has 3 aromatic rings. The smallest absolute Gasteiger partial charge is 0.321 e. The Morgan fingerprint density at radius 2 is 1.79 bits per heavy atom. The van der Waals surface area contributed by atoms with Gasteiger partial charge < -0.3 is 15.1 Å². The first-order chi connectivity index (χ1) is 16.3. The van der Waals surface area contributed by atoms with Crippen LogP contribution in [0.25, 0.3) is 0 Å². The van der Waals surface area contributed by atoms with Crippen LogP contribution in [0.2, 0.25) is 0 Å². The van der Waals surface area contributed by atoms with E-state index in [2.05, 4.69) is 28.2 Å². The number of piperazine rings is 1. The Balaban J connectivity index is 1.50. The van der Waals surface area contributed by atoms with E-state index in [0.29, 0.717) is 32.6 Å². The van der Waals surface area contributed by atoms with Gasteiger partial charge in [0.25, 0.3) is 0 Å². The van der Waals surface area contributed by atoms with Crippen LogP contribution in [-0.4, -0.2) is 47.1 Å². The fraction of sp³-hybridized carbons (Fsp3) is 0.370. The number of hydrogen-bond donors (Lipinski definition) is 1. The van der Waals surface area contributed by atoms with Gasteiger partial charge in [-0.1, -0.05) is 36.8 Å². The largest absolute Gasteiger partial charge is 0.353 e. The molecule has 6 nitrogen and oxygen atoms in total. The number of halogens is 1. The number of carbonyl (C=O) groups excluding carboxylic acids is 1. The van der Waals surface area contributed by atoms with Crippen molar-refractivity contribution in [2.75, 3.05) is 36.4 Å². The minimum Gasteiger partial charge on any atom is -0.353 e. The normalized spacial score (nSPS) is 13.8. The highest BCUT2D eigenvalue weighted by Gasteiger charge is 2.25. The molecule has 0 spiro atoms. The zero-order valence-corrected chi connectivity index (χ0v) is 20.4. The fourth-order valence-corrected chi connectivity index (χ4v) is 4.49. The number of hydrogen-bond acceptors (Lipinski definition) is 4. The summed E-state index contributed by atoms with van der Waals surface area (Å²) in [6, 6.07) is 12.6. The second kappa shape index (κ2) is 10.2. The predicted molar refractivity (Wildman–Crippen MR) is 134 cm³/mol. The van der Waals surface area contributed by atoms with Crippen molar-refractivity contribution in [1.29, 1.82) is 0 Å². The van der Waals surface area contributed by atoms with Crippen molar-refractivity contribution >= 4 is 17.5 Å². The molecule has 178 valence electrons. The molecule has 0 atom stereocenters. The second-order valence-electron chi connectivity index (χ2n) is 8.90. The SMILES string of the molecule is CCc1nc(C)nc(N2CCN(C(=O)Nc3ccc(C)cc3C)CC2)c1Cc1cccc(F)c1. The molecule has 0 radical (unpaired) electrons. The van der Waals surface area contributed by atoms with E-state index in [4.69, 9.17) is 4.98 Å². The van der Waals surface area contributed by atoms with Crippen LogP contribution >= 0.6 is 0 Å². The third kappa shape index (κ3) is 5.35. The molecule has 0 aliphatic carbocycles. The Hall–Kier alpha value is -3.48. The number of rotatable bonds is 5. The van der Waals surface area contributed by atoms with Crippen molar-refractivity contribution in [1.82, 2.24) is 14.9 Å². The molecule has 0 bridgehead atoms. The fourth-order valence-electron chi connectivity index (χ4n) is 4.49. The average Bonchev–Trinajstić information content (AvgIpc) is 2.82. The minimum atomic E-state index is -0.242. The standard InChI is InChI=1S/C27H32FN5O/c1-5-24-23(17-21-7-6-8-22(28)16-21)26(30-20(4)29-24)32-11-13-33(14-12-32)27(34)31-25-10-9-18(2)15-19(25)3/h6-10,15-16H,5,11-14,17H2,1-4H3,(H,31,34). The van der Waals surface area contributed by atoms with Gasteiger partial charge in [-0.3, -0.25) is 0 Å². The molecule has 2 heterocycles. The average molecular weight is 462 g/mol. The molecule has 1 fully saturated rings. The van der Waals surface area contributed by atoms with Crippen molar-refractivity contribution in [2.24, 2.45) is 0 Å². The van der Waals surface area contributed by atoms with E-state index in [0.717, 1.165) is 46.1 Å². The van der Waals surface area contributed by atoms with Crippen LogP contribution in [0.1, 0.15) is 40.7 Å². The monoisotopic (exact) mass is 461 g/mol. The first-order valence-corrected chi connectivity index (χ1v) is 11.8. The highest BCUT2D eigenvalue weighted by Crippen LogP contribution is 2.26. The maximum Gasteiger partial charge on any atom is 0.321 e. The molecule has 1 aliphatic rings. The quantitative estimate of drug-likeness (QED) is 0.578. The van der Waals surface area contributed by atoms with Crippen LogP contribution in [-0.2, 0) is 12.8 Å². The molecular formula is C27H32FN5O. The van der Waals surface area contributed by atoms with Crippen molar-refractivity contribution in [3.05, 3.63) is 82.1 Å². The Morgan fingerprint density at radius 1 is 1.03 bits per heavy atom. The summed E-state index contributed by atoms with van der Waals surface area (Å²) in [5.41, 5.74) is 5.99. The van der Waals surface area contributed by atoms with E-state index in [-0.39, 0.29) is 11.8 Å². The number of anilines is 2. The second-order valence-corrected chi connectivity index (χ2v) is 8.90. The molecule has 1 N–H and O–H groups in total. The number of urea groups is 1. The lowest BCUT2D eigenvalue weighted by Crippen LogP contribution is -2.50. The Kier molecular flexibility index (Phi) is 7.10. The highest BCUT2D eigenvalue weighted by molar-refractivity contribution is 5.90. The van der Waals surface area contributed by atoms with Gasteiger partial charge in [-0.05, 0) is 56.5 Å². The predicted octanol–water partition coefficient (Wildman–Crippen LogP) is 5.05. The van der Waals surface area contributed by atoms with Gasteiger partial charge in [0, 0.05) is 49.5 Å². The molecule has 2 amide bonds. The van der Waals surface area contributed by atoms with Gasteiger partial charge in [0.15, 0.2) is 0 Å². The molecule has 1 saturated heterocycles. The molecule has 1 aliphatic heterocycles. The molecular weight excluding hydrogens is 429 g/mol. The van der Waals surface area contributed by atoms with Crippen molar-refractivity contribution in [3.63, 3.8) is 0 Å². The molecule has 34 heavy (non-hydrogen) atoms. The van der Waals surface area contributed by atoms with Gasteiger partial charge >= 0.3 is 6.03 Å². The number of carbonyl (C=O) groups is 1. The first kappa shape index (κ1) is 23.7. The van der Waals surface area contributed by atoms with Crippen LogP contribution in [0.15, 0.2) is 42.5 Å². The topological polar surface area (TPSA) is 61.4 Å².